The van der Waals surface area contributed by atoms with Crippen molar-refractivity contribution in [3.8, 4) is 5.75 Å². The van der Waals surface area contributed by atoms with Crippen molar-refractivity contribution in [2.45, 2.75) is 73.1 Å². The molecule has 0 N–H and O–H groups in total. The van der Waals surface area contributed by atoms with Crippen molar-refractivity contribution < 1.29 is 7.58 Å². The van der Waals surface area contributed by atoms with Gasteiger partial charge in [-0.15, -0.1) is 0 Å². The lowest BCUT2D eigenvalue weighted by atomic mass is 9.80. The lowest BCUT2D eigenvalue weighted by molar-refractivity contribution is 0.184. The number of rotatable bonds is 4. The fourth-order valence-electron chi connectivity index (χ4n) is 2.32. The van der Waals surface area contributed by atoms with E-state index < -0.39 is 15.9 Å². The summed E-state index contributed by atoms with van der Waals surface area (Å²) in [5.41, 5.74) is 2.86. The van der Waals surface area contributed by atoms with Crippen LogP contribution in [0.2, 0.25) is 0 Å². The number of para-hydroxylation sites is 1. The molecule has 0 atom stereocenters. The average molecular weight is 320 g/mol. The second-order valence-corrected chi connectivity index (χ2v) is 10.3. The molecule has 2 nitrogen and oxygen atoms in total. The van der Waals surface area contributed by atoms with Crippen LogP contribution in [-0.2, 0) is 14.6 Å². The van der Waals surface area contributed by atoms with Gasteiger partial charge in [0.15, 0.2) is 0 Å². The predicted molar refractivity (Wildman–Crippen MR) is 97.0 cm³/mol. The molecular weight excluding hydrogens is 287 g/mol. The van der Waals surface area contributed by atoms with E-state index in [0.717, 1.165) is 12.4 Å². The number of hydrogen-bond acceptors (Lipinski definition) is 2. The Balaban J connectivity index is 3.03. The van der Waals surface area contributed by atoms with Gasteiger partial charge in [-0.25, -0.2) is 0 Å². The fourth-order valence-corrected chi connectivity index (χ4v) is 3.53. The van der Waals surface area contributed by atoms with Gasteiger partial charge in [-0.2, -0.15) is 0 Å². The molecule has 0 saturated heterocycles. The van der Waals surface area contributed by atoms with Crippen LogP contribution in [0.1, 0.15) is 73.4 Å². The molecule has 0 aliphatic heterocycles. The first-order valence-electron chi connectivity index (χ1n) is 8.17. The van der Waals surface area contributed by atoms with Crippen LogP contribution in [0.25, 0.3) is 0 Å². The molecule has 0 fully saturated rings. The van der Waals surface area contributed by atoms with E-state index >= 15 is 0 Å². The number of hydrogen-bond donors (Lipinski definition) is 0. The van der Waals surface area contributed by atoms with Crippen molar-refractivity contribution in [2.75, 3.05) is 6.61 Å². The zero-order valence-electron chi connectivity index (χ0n) is 16.0. The highest BCUT2D eigenvalue weighted by atomic mass is 27.2. The van der Waals surface area contributed by atoms with Crippen LogP contribution in [0, 0.1) is 5.41 Å². The van der Waals surface area contributed by atoms with Crippen LogP contribution < -0.4 is 3.79 Å². The van der Waals surface area contributed by atoms with Gasteiger partial charge in [0, 0.05) is 6.61 Å². The first kappa shape index (κ1) is 19.6. The Hall–Kier alpha value is -0.488. The highest BCUT2D eigenvalue weighted by molar-refractivity contribution is 6.19. The van der Waals surface area contributed by atoms with Gasteiger partial charge in [-0.1, -0.05) is 80.5 Å². The number of benzene rings is 1. The highest BCUT2D eigenvalue weighted by Gasteiger charge is 2.26. The monoisotopic (exact) mass is 320 g/mol. The summed E-state index contributed by atoms with van der Waals surface area (Å²) in [5.74, 6) is 1.04. The zero-order chi connectivity index (χ0) is 17.2. The van der Waals surface area contributed by atoms with Gasteiger partial charge < -0.3 is 7.58 Å². The van der Waals surface area contributed by atoms with Gasteiger partial charge in [0.2, 0.25) is 0 Å². The van der Waals surface area contributed by atoms with Crippen molar-refractivity contribution in [3.63, 3.8) is 0 Å². The maximum Gasteiger partial charge on any atom is 0.740 e. The van der Waals surface area contributed by atoms with Crippen LogP contribution in [0.4, 0.5) is 0 Å². The van der Waals surface area contributed by atoms with E-state index in [4.69, 9.17) is 7.58 Å². The molecule has 0 aliphatic rings. The van der Waals surface area contributed by atoms with E-state index in [-0.39, 0.29) is 16.2 Å². The molecule has 0 heterocycles. The van der Waals surface area contributed by atoms with Gasteiger partial charge in [0.1, 0.15) is 0 Å². The SMILES string of the molecule is CC(C)(C)C[O][AlH][O]c1c(C(C)(C)C)cccc1C(C)(C)C. The lowest BCUT2D eigenvalue weighted by Crippen LogP contribution is -2.23. The van der Waals surface area contributed by atoms with Crippen molar-refractivity contribution >= 4 is 15.9 Å². The largest absolute Gasteiger partial charge is 0.740 e. The fraction of sp³-hybridized carbons (Fsp3) is 0.684. The second-order valence-electron chi connectivity index (χ2n) is 9.35. The van der Waals surface area contributed by atoms with Crippen molar-refractivity contribution in [1.29, 1.82) is 0 Å². The van der Waals surface area contributed by atoms with E-state index in [2.05, 4.69) is 80.5 Å². The summed E-state index contributed by atoms with van der Waals surface area (Å²) in [4.78, 5) is 0. The van der Waals surface area contributed by atoms with Crippen LogP contribution >= 0.6 is 0 Å². The minimum Gasteiger partial charge on any atom is -0.624 e. The molecule has 0 aromatic heterocycles. The van der Waals surface area contributed by atoms with Crippen LogP contribution in [-0.4, -0.2) is 22.5 Å². The third-order valence-electron chi connectivity index (χ3n) is 3.45. The molecule has 0 unspecified atom stereocenters. The quantitative estimate of drug-likeness (QED) is 0.575. The molecule has 1 aromatic rings. The van der Waals surface area contributed by atoms with Crippen LogP contribution in [0.3, 0.4) is 0 Å². The van der Waals surface area contributed by atoms with Gasteiger partial charge >= 0.3 is 15.9 Å². The Morgan fingerprint density at radius 3 is 1.64 bits per heavy atom. The third kappa shape index (κ3) is 5.95. The van der Waals surface area contributed by atoms with Crippen molar-refractivity contribution in [2.24, 2.45) is 5.41 Å². The summed E-state index contributed by atoms with van der Waals surface area (Å²) in [5, 5.41) is 0. The van der Waals surface area contributed by atoms with E-state index in [1.165, 1.54) is 11.1 Å². The molecule has 124 valence electrons. The average Bonchev–Trinajstić information content (AvgIpc) is 2.30. The van der Waals surface area contributed by atoms with Gasteiger partial charge in [-0.3, -0.25) is 0 Å². The molecular formula is C19H33AlO2. The van der Waals surface area contributed by atoms with Gasteiger partial charge in [0.25, 0.3) is 0 Å². The molecule has 22 heavy (non-hydrogen) atoms. The second kappa shape index (κ2) is 6.95. The Kier molecular flexibility index (Phi) is 6.18. The molecule has 1 aromatic carbocycles. The Morgan fingerprint density at radius 1 is 0.818 bits per heavy atom. The highest BCUT2D eigenvalue weighted by Crippen LogP contribution is 2.39. The zero-order valence-corrected chi connectivity index (χ0v) is 17.4. The normalized spacial score (nSPS) is 13.1. The maximum absolute atomic E-state index is 6.23. The molecule has 0 spiro atoms. The lowest BCUT2D eigenvalue weighted by Gasteiger charge is -2.30. The van der Waals surface area contributed by atoms with Crippen LogP contribution in [0.5, 0.6) is 5.75 Å². The standard InChI is InChI=1S/C14H22O.C5H11O.Al.H/c1-13(2,3)10-8-7-9-11(12(10)15)14(4,5)6;1-5(2,3)4-6;;/h7-9,15H,1-6H3;4H2,1-3H3;;/q;-1;+2;/p-1. The summed E-state index contributed by atoms with van der Waals surface area (Å²) in [6.45, 7) is 20.7. The Morgan fingerprint density at radius 2 is 1.27 bits per heavy atom. The molecule has 0 amide bonds. The molecule has 0 saturated carbocycles. The first-order chi connectivity index (χ1) is 9.82. The summed E-state index contributed by atoms with van der Waals surface area (Å²) in [6.07, 6.45) is 0. The smallest absolute Gasteiger partial charge is 0.624 e. The summed E-state index contributed by atoms with van der Waals surface area (Å²) in [6, 6.07) is 6.51. The molecule has 3 heteroatoms. The van der Waals surface area contributed by atoms with Crippen molar-refractivity contribution in [1.82, 2.24) is 0 Å². The van der Waals surface area contributed by atoms with E-state index in [1.54, 1.807) is 0 Å². The van der Waals surface area contributed by atoms with Gasteiger partial charge in [-0.05, 0) is 27.4 Å². The first-order valence-corrected chi connectivity index (χ1v) is 9.32. The van der Waals surface area contributed by atoms with E-state index in [1.807, 2.05) is 0 Å². The van der Waals surface area contributed by atoms with Crippen LogP contribution in [0.15, 0.2) is 18.2 Å². The summed E-state index contributed by atoms with van der Waals surface area (Å²) < 4.78 is 12.1. The third-order valence-corrected chi connectivity index (χ3v) is 4.23. The Labute approximate surface area is 144 Å². The summed E-state index contributed by atoms with van der Waals surface area (Å²) >= 11 is -1.03. The summed E-state index contributed by atoms with van der Waals surface area (Å²) in [7, 11) is 0. The molecule has 0 bridgehead atoms. The Bertz CT molecular complexity index is 455. The molecule has 0 radical (unpaired) electrons. The van der Waals surface area contributed by atoms with E-state index in [9.17, 15) is 0 Å². The molecule has 1 rings (SSSR count). The maximum atomic E-state index is 6.23. The molecule has 0 aliphatic carbocycles. The topological polar surface area (TPSA) is 18.5 Å². The van der Waals surface area contributed by atoms with Gasteiger partial charge in [0.05, 0.1) is 5.75 Å². The predicted octanol–water partition coefficient (Wildman–Crippen LogP) is 4.99. The minimum absolute atomic E-state index is 0.0645. The van der Waals surface area contributed by atoms with E-state index in [0.29, 0.717) is 0 Å². The van der Waals surface area contributed by atoms with Crippen molar-refractivity contribution in [3.05, 3.63) is 29.3 Å². The minimum atomic E-state index is -1.03.